The molecule has 0 aromatic heterocycles. The van der Waals surface area contributed by atoms with Crippen LogP contribution in [0.4, 0.5) is 0 Å². The molecule has 0 heterocycles. The Morgan fingerprint density at radius 1 is 1.33 bits per heavy atom. The maximum absolute atomic E-state index is 11.6. The summed E-state index contributed by atoms with van der Waals surface area (Å²) in [6.07, 6.45) is 2.82. The predicted octanol–water partition coefficient (Wildman–Crippen LogP) is 2.02. The lowest BCUT2D eigenvalue weighted by atomic mass is 10.1. The van der Waals surface area contributed by atoms with E-state index in [0.29, 0.717) is 6.42 Å². The quantitative estimate of drug-likeness (QED) is 0.733. The van der Waals surface area contributed by atoms with Crippen molar-refractivity contribution < 1.29 is 4.79 Å². The van der Waals surface area contributed by atoms with Gasteiger partial charge in [0, 0.05) is 32.1 Å². The molecule has 90 valence electrons. The summed E-state index contributed by atoms with van der Waals surface area (Å²) in [5.74, 6) is 0.236. The molecule has 0 rings (SSSR count). The Kier molecular flexibility index (Phi) is 6.57. The molecule has 0 aromatic carbocycles. The van der Waals surface area contributed by atoms with Gasteiger partial charge in [-0.15, -0.1) is 0 Å². The van der Waals surface area contributed by atoms with Gasteiger partial charge in [-0.2, -0.15) is 0 Å². The van der Waals surface area contributed by atoms with Gasteiger partial charge in [0.15, 0.2) is 0 Å². The lowest BCUT2D eigenvalue weighted by molar-refractivity contribution is -0.129. The minimum atomic E-state index is 0.0995. The van der Waals surface area contributed by atoms with E-state index in [-0.39, 0.29) is 11.4 Å². The van der Waals surface area contributed by atoms with E-state index in [1.807, 2.05) is 11.9 Å². The van der Waals surface area contributed by atoms with Crippen LogP contribution in [0.2, 0.25) is 0 Å². The van der Waals surface area contributed by atoms with Crippen molar-refractivity contribution in [2.75, 3.05) is 20.1 Å². The van der Waals surface area contributed by atoms with E-state index in [9.17, 15) is 4.79 Å². The minimum Gasteiger partial charge on any atom is -0.346 e. The molecule has 0 atom stereocenters. The topological polar surface area (TPSA) is 32.3 Å². The minimum absolute atomic E-state index is 0.0995. The third kappa shape index (κ3) is 8.43. The second-order valence-corrected chi connectivity index (χ2v) is 5.10. The Morgan fingerprint density at radius 3 is 2.40 bits per heavy atom. The molecule has 0 saturated heterocycles. The molecule has 0 fully saturated rings. The summed E-state index contributed by atoms with van der Waals surface area (Å²) in [4.78, 5) is 13.4. The van der Waals surface area contributed by atoms with Crippen LogP contribution in [-0.2, 0) is 4.79 Å². The van der Waals surface area contributed by atoms with Gasteiger partial charge in [0.2, 0.25) is 5.91 Å². The lowest BCUT2D eigenvalue weighted by Gasteiger charge is -2.22. The largest absolute Gasteiger partial charge is 0.346 e. The predicted molar refractivity (Wildman–Crippen MR) is 64.9 cm³/mol. The van der Waals surface area contributed by atoms with Crippen molar-refractivity contribution in [1.29, 1.82) is 0 Å². The summed E-state index contributed by atoms with van der Waals surface area (Å²) in [6, 6.07) is 0. The fraction of sp³-hybridized carbons (Fsp3) is 0.917. The number of unbranched alkanes of at least 4 members (excludes halogenated alkanes) is 1. The summed E-state index contributed by atoms with van der Waals surface area (Å²) < 4.78 is 0. The van der Waals surface area contributed by atoms with E-state index in [0.717, 1.165) is 25.9 Å². The normalized spacial score (nSPS) is 11.5. The van der Waals surface area contributed by atoms with Crippen LogP contribution < -0.4 is 5.32 Å². The van der Waals surface area contributed by atoms with Crippen LogP contribution in [0.25, 0.3) is 0 Å². The number of carbonyl (C=O) groups excluding carboxylic acids is 1. The van der Waals surface area contributed by atoms with Crippen LogP contribution in [0.15, 0.2) is 0 Å². The molecule has 0 radical (unpaired) electrons. The molecule has 0 aromatic rings. The highest BCUT2D eigenvalue weighted by Gasteiger charge is 2.11. The summed E-state index contributed by atoms with van der Waals surface area (Å²) >= 11 is 0. The number of hydrogen-bond acceptors (Lipinski definition) is 2. The average molecular weight is 214 g/mol. The highest BCUT2D eigenvalue weighted by molar-refractivity contribution is 5.76. The molecule has 3 nitrogen and oxygen atoms in total. The summed E-state index contributed by atoms with van der Waals surface area (Å²) in [6.45, 7) is 10.1. The second-order valence-electron chi connectivity index (χ2n) is 5.10. The molecular weight excluding hydrogens is 188 g/mol. The maximum Gasteiger partial charge on any atom is 0.223 e. The summed E-state index contributed by atoms with van der Waals surface area (Å²) in [5.41, 5.74) is 0.0995. The van der Waals surface area contributed by atoms with E-state index in [1.165, 1.54) is 0 Å². The Morgan fingerprint density at radius 2 is 1.93 bits per heavy atom. The summed E-state index contributed by atoms with van der Waals surface area (Å²) in [7, 11) is 1.88. The zero-order valence-corrected chi connectivity index (χ0v) is 10.9. The Balaban J connectivity index is 3.64. The van der Waals surface area contributed by atoms with Crippen molar-refractivity contribution in [3.8, 4) is 0 Å². The Labute approximate surface area is 94.2 Å². The molecule has 0 bridgehead atoms. The molecular formula is C12H26N2O. The van der Waals surface area contributed by atoms with Crippen LogP contribution in [0.1, 0.15) is 47.0 Å². The number of hydrogen-bond donors (Lipinski definition) is 1. The fourth-order valence-electron chi connectivity index (χ4n) is 1.26. The molecule has 0 aliphatic heterocycles. The molecule has 0 aliphatic rings. The first-order valence-corrected chi connectivity index (χ1v) is 5.86. The van der Waals surface area contributed by atoms with Crippen LogP contribution in [0.5, 0.6) is 0 Å². The monoisotopic (exact) mass is 214 g/mol. The van der Waals surface area contributed by atoms with E-state index in [1.54, 1.807) is 0 Å². The molecule has 1 N–H and O–H groups in total. The zero-order valence-electron chi connectivity index (χ0n) is 10.9. The molecule has 0 aliphatic carbocycles. The van der Waals surface area contributed by atoms with Crippen molar-refractivity contribution in [1.82, 2.24) is 10.2 Å². The molecule has 3 heteroatoms. The van der Waals surface area contributed by atoms with Gasteiger partial charge in [0.1, 0.15) is 0 Å². The van der Waals surface area contributed by atoms with Gasteiger partial charge < -0.3 is 10.2 Å². The van der Waals surface area contributed by atoms with Crippen LogP contribution >= 0.6 is 0 Å². The van der Waals surface area contributed by atoms with E-state index < -0.39 is 0 Å². The molecule has 0 unspecified atom stereocenters. The highest BCUT2D eigenvalue weighted by Crippen LogP contribution is 2.00. The first kappa shape index (κ1) is 14.4. The van der Waals surface area contributed by atoms with Crippen molar-refractivity contribution in [3.05, 3.63) is 0 Å². The smallest absolute Gasteiger partial charge is 0.223 e. The lowest BCUT2D eigenvalue weighted by Crippen LogP contribution is -2.39. The SMILES string of the molecule is CCCCN(C)C(=O)CCNC(C)(C)C. The van der Waals surface area contributed by atoms with Crippen LogP contribution in [-0.4, -0.2) is 36.5 Å². The fourth-order valence-corrected chi connectivity index (χ4v) is 1.26. The zero-order chi connectivity index (χ0) is 11.9. The molecule has 15 heavy (non-hydrogen) atoms. The van der Waals surface area contributed by atoms with Crippen molar-refractivity contribution in [2.24, 2.45) is 0 Å². The Bertz CT molecular complexity index is 185. The van der Waals surface area contributed by atoms with Gasteiger partial charge >= 0.3 is 0 Å². The molecule has 0 saturated carbocycles. The first-order chi connectivity index (χ1) is 6.87. The highest BCUT2D eigenvalue weighted by atomic mass is 16.2. The number of amides is 1. The maximum atomic E-state index is 11.6. The summed E-state index contributed by atoms with van der Waals surface area (Å²) in [5, 5.41) is 3.32. The van der Waals surface area contributed by atoms with Crippen molar-refractivity contribution >= 4 is 5.91 Å². The van der Waals surface area contributed by atoms with E-state index in [4.69, 9.17) is 0 Å². The molecule has 0 spiro atoms. The van der Waals surface area contributed by atoms with E-state index >= 15 is 0 Å². The molecule has 1 amide bonds. The second kappa shape index (κ2) is 6.83. The van der Waals surface area contributed by atoms with Crippen LogP contribution in [0, 0.1) is 0 Å². The number of rotatable bonds is 6. The van der Waals surface area contributed by atoms with Gasteiger partial charge in [0.25, 0.3) is 0 Å². The number of nitrogens with zero attached hydrogens (tertiary/aromatic N) is 1. The van der Waals surface area contributed by atoms with Gasteiger partial charge in [-0.25, -0.2) is 0 Å². The average Bonchev–Trinajstić information content (AvgIpc) is 2.11. The van der Waals surface area contributed by atoms with Crippen LogP contribution in [0.3, 0.4) is 0 Å². The van der Waals surface area contributed by atoms with Gasteiger partial charge in [-0.3, -0.25) is 4.79 Å². The Hall–Kier alpha value is -0.570. The third-order valence-corrected chi connectivity index (χ3v) is 2.27. The van der Waals surface area contributed by atoms with E-state index in [2.05, 4.69) is 33.0 Å². The van der Waals surface area contributed by atoms with Crippen molar-refractivity contribution in [2.45, 2.75) is 52.5 Å². The number of carbonyl (C=O) groups is 1. The van der Waals surface area contributed by atoms with Gasteiger partial charge in [-0.1, -0.05) is 13.3 Å². The first-order valence-electron chi connectivity index (χ1n) is 5.86. The standard InChI is InChI=1S/C12H26N2O/c1-6-7-10-14(5)11(15)8-9-13-12(2,3)4/h13H,6-10H2,1-5H3. The van der Waals surface area contributed by atoms with Gasteiger partial charge in [0.05, 0.1) is 0 Å². The third-order valence-electron chi connectivity index (χ3n) is 2.27. The van der Waals surface area contributed by atoms with Gasteiger partial charge in [-0.05, 0) is 27.2 Å². The number of nitrogens with one attached hydrogen (secondary N) is 1. The van der Waals surface area contributed by atoms with Crippen molar-refractivity contribution in [3.63, 3.8) is 0 Å².